The van der Waals surface area contributed by atoms with E-state index in [1.54, 1.807) is 0 Å². The van der Waals surface area contributed by atoms with Gasteiger partial charge in [0.1, 0.15) is 5.82 Å². The number of nitrogens with two attached hydrogens (primary N) is 1. The molecule has 0 aliphatic rings. The summed E-state index contributed by atoms with van der Waals surface area (Å²) < 4.78 is 1.94. The van der Waals surface area contributed by atoms with Gasteiger partial charge >= 0.3 is 0 Å². The molecule has 3 rings (SSSR count). The molecule has 0 aliphatic heterocycles. The van der Waals surface area contributed by atoms with Crippen molar-refractivity contribution in [2.45, 2.75) is 166 Å². The Hall–Kier alpha value is -3.07. The molecule has 5 heteroatoms. The van der Waals surface area contributed by atoms with Crippen LogP contribution in [-0.4, -0.2) is 15.6 Å². The lowest BCUT2D eigenvalue weighted by atomic mass is 9.55. The SMILES string of the molecule is C=C(CCCCc1cc(C)c(-n2ccnc2-c2ccccc2C(C)(C)S)c(C)c1)C(C)(CC(C)(C)CC(C#N)C(C)(C)C)C(N)CC(C)(C(=C)CC)C(C)(C)C. The Morgan fingerprint density at radius 3 is 2.00 bits per heavy atom. The van der Waals surface area contributed by atoms with Crippen LogP contribution in [0.3, 0.4) is 0 Å². The highest BCUT2D eigenvalue weighted by atomic mass is 32.1. The third-order valence-electron chi connectivity index (χ3n) is 13.4. The van der Waals surface area contributed by atoms with Gasteiger partial charge in [-0.05, 0) is 123 Å². The van der Waals surface area contributed by atoms with Crippen LogP contribution in [0.15, 0.2) is 73.1 Å². The Morgan fingerprint density at radius 1 is 0.893 bits per heavy atom. The van der Waals surface area contributed by atoms with Crippen molar-refractivity contribution < 1.29 is 0 Å². The fraction of sp³-hybridized carbons (Fsp3) is 0.608. The smallest absolute Gasteiger partial charge is 0.144 e. The number of thiol groups is 1. The van der Waals surface area contributed by atoms with Gasteiger partial charge in [-0.3, -0.25) is 4.57 Å². The second kappa shape index (κ2) is 17.8. The van der Waals surface area contributed by atoms with Gasteiger partial charge in [0.05, 0.1) is 17.7 Å². The summed E-state index contributed by atoms with van der Waals surface area (Å²) in [5.41, 5.74) is 16.7. The third-order valence-corrected chi connectivity index (χ3v) is 13.6. The van der Waals surface area contributed by atoms with Crippen LogP contribution in [0.1, 0.15) is 157 Å². The Kier molecular flexibility index (Phi) is 15.1. The molecule has 56 heavy (non-hydrogen) atoms. The maximum Gasteiger partial charge on any atom is 0.144 e. The van der Waals surface area contributed by atoms with E-state index in [0.29, 0.717) is 0 Å². The summed E-state index contributed by atoms with van der Waals surface area (Å²) in [5, 5.41) is 10.2. The van der Waals surface area contributed by atoms with E-state index in [0.717, 1.165) is 68.3 Å². The van der Waals surface area contributed by atoms with Crippen molar-refractivity contribution in [2.75, 3.05) is 0 Å². The lowest BCUT2D eigenvalue weighted by Gasteiger charge is -2.51. The van der Waals surface area contributed by atoms with E-state index in [1.165, 1.54) is 33.5 Å². The quantitative estimate of drug-likeness (QED) is 0.0768. The molecule has 4 atom stereocenters. The van der Waals surface area contributed by atoms with Gasteiger partial charge in [0.2, 0.25) is 0 Å². The highest BCUT2D eigenvalue weighted by molar-refractivity contribution is 7.81. The molecule has 2 N–H and O–H groups in total. The number of benzene rings is 2. The van der Waals surface area contributed by atoms with E-state index in [9.17, 15) is 5.26 Å². The van der Waals surface area contributed by atoms with Crippen LogP contribution >= 0.6 is 12.6 Å². The molecule has 0 fully saturated rings. The van der Waals surface area contributed by atoms with Crippen LogP contribution in [-0.2, 0) is 11.2 Å². The first-order valence-corrected chi connectivity index (χ1v) is 21.6. The molecule has 1 aromatic heterocycles. The van der Waals surface area contributed by atoms with Crippen LogP contribution in [0.25, 0.3) is 17.1 Å². The number of aryl methyl sites for hydroxylation is 3. The average Bonchev–Trinajstić information content (AvgIpc) is 3.55. The first-order valence-electron chi connectivity index (χ1n) is 21.1. The van der Waals surface area contributed by atoms with Crippen molar-refractivity contribution in [3.8, 4) is 23.1 Å². The zero-order chi connectivity index (χ0) is 42.7. The largest absolute Gasteiger partial charge is 0.327 e. The van der Waals surface area contributed by atoms with Gasteiger partial charge in [-0.25, -0.2) is 4.98 Å². The van der Waals surface area contributed by atoms with Crippen LogP contribution in [0.4, 0.5) is 0 Å². The Balaban J connectivity index is 1.86. The van der Waals surface area contributed by atoms with Gasteiger partial charge in [-0.2, -0.15) is 17.9 Å². The summed E-state index contributed by atoms with van der Waals surface area (Å²) in [6, 6.07) is 15.7. The first-order chi connectivity index (χ1) is 25.6. The number of imidazole rings is 1. The van der Waals surface area contributed by atoms with Crippen LogP contribution in [0.2, 0.25) is 0 Å². The topological polar surface area (TPSA) is 67.6 Å². The van der Waals surface area contributed by atoms with Crippen molar-refractivity contribution in [1.29, 1.82) is 5.26 Å². The predicted molar refractivity (Wildman–Crippen MR) is 246 cm³/mol. The number of allylic oxidation sites excluding steroid dienone is 1. The summed E-state index contributed by atoms with van der Waals surface area (Å²) in [6.45, 7) is 43.2. The lowest BCUT2D eigenvalue weighted by Crippen LogP contribution is -2.49. The second-order valence-electron chi connectivity index (χ2n) is 21.0. The van der Waals surface area contributed by atoms with E-state index in [4.69, 9.17) is 29.9 Å². The number of nitrogens with zero attached hydrogens (tertiary/aromatic N) is 3. The molecule has 0 amide bonds. The number of hydrogen-bond acceptors (Lipinski definition) is 4. The Bertz CT molecular complexity index is 1840. The molecule has 4 nitrogen and oxygen atoms in total. The van der Waals surface area contributed by atoms with Crippen LogP contribution < -0.4 is 5.73 Å². The molecule has 308 valence electrons. The molecule has 4 unspecified atom stereocenters. The van der Waals surface area contributed by atoms with Crippen LogP contribution in [0, 0.1) is 58.2 Å². The maximum absolute atomic E-state index is 10.2. The number of aromatic nitrogens is 2. The number of nitriles is 1. The van der Waals surface area contributed by atoms with E-state index >= 15 is 0 Å². The molecule has 0 saturated carbocycles. The normalized spacial score (nSPS) is 16.1. The Morgan fingerprint density at radius 2 is 1.48 bits per heavy atom. The van der Waals surface area contributed by atoms with Gasteiger partial charge in [0.25, 0.3) is 0 Å². The molecule has 0 saturated heterocycles. The van der Waals surface area contributed by atoms with E-state index in [1.807, 2.05) is 6.20 Å². The minimum Gasteiger partial charge on any atom is -0.327 e. The number of rotatable bonds is 18. The maximum atomic E-state index is 10.2. The molecule has 1 heterocycles. The van der Waals surface area contributed by atoms with Gasteiger partial charge < -0.3 is 5.73 Å². The van der Waals surface area contributed by atoms with E-state index in [-0.39, 0.29) is 43.8 Å². The molecule has 0 radical (unpaired) electrons. The molecule has 2 aromatic carbocycles. The number of hydrogen-bond donors (Lipinski definition) is 2. The summed E-state index contributed by atoms with van der Waals surface area (Å²) in [4.78, 5) is 4.84. The fourth-order valence-corrected chi connectivity index (χ4v) is 9.33. The minimum absolute atomic E-state index is 0.00664. The molecule has 0 bridgehead atoms. The highest BCUT2D eigenvalue weighted by Crippen LogP contribution is 2.54. The monoisotopic (exact) mass is 779 g/mol. The summed E-state index contributed by atoms with van der Waals surface area (Å²) in [6.07, 6.45) is 11.5. The lowest BCUT2D eigenvalue weighted by molar-refractivity contribution is 0.0754. The summed E-state index contributed by atoms with van der Waals surface area (Å²) >= 11 is 4.92. The van der Waals surface area contributed by atoms with Gasteiger partial charge in [-0.1, -0.05) is 137 Å². The Labute approximate surface area is 349 Å². The van der Waals surface area contributed by atoms with E-state index in [2.05, 4.69) is 164 Å². The predicted octanol–water partition coefficient (Wildman–Crippen LogP) is 14.3. The molecular formula is C51H78N4S. The zero-order valence-corrected chi connectivity index (χ0v) is 39.1. The van der Waals surface area contributed by atoms with Crippen molar-refractivity contribution in [3.05, 3.63) is 95.3 Å². The standard InChI is InChI=1S/C51H78N4S/c1-18-37(4)51(17,47(9,10)11)32-43(53)50(16,34-48(12,13)31-40(33-52)46(6,7)8)38(5)23-19-20-24-39-29-35(2)44(36(3)30-39)55-28-27-54-45(55)41-25-21-22-26-42(41)49(14,15)56/h21-22,25-30,40,43,56H,4-5,18-20,23-24,31-32,34,53H2,1-3,6-17H3. The second-order valence-corrected chi connectivity index (χ2v) is 22.1. The highest BCUT2D eigenvalue weighted by Gasteiger charge is 2.47. The summed E-state index contributed by atoms with van der Waals surface area (Å²) in [7, 11) is 0. The number of unbranched alkanes of at least 4 members (excludes halogenated alkanes) is 1. The van der Waals surface area contributed by atoms with Gasteiger partial charge in [0.15, 0.2) is 0 Å². The molecule has 0 aliphatic carbocycles. The van der Waals surface area contributed by atoms with E-state index < -0.39 is 0 Å². The molecular weight excluding hydrogens is 701 g/mol. The van der Waals surface area contributed by atoms with Gasteiger partial charge in [-0.15, -0.1) is 0 Å². The third kappa shape index (κ3) is 10.9. The average molecular weight is 779 g/mol. The fourth-order valence-electron chi connectivity index (χ4n) is 9.14. The van der Waals surface area contributed by atoms with Crippen molar-refractivity contribution in [1.82, 2.24) is 9.55 Å². The molecule has 3 aromatic rings. The first kappa shape index (κ1) is 47.3. The zero-order valence-electron chi connectivity index (χ0n) is 38.2. The van der Waals surface area contributed by atoms with Crippen molar-refractivity contribution in [3.63, 3.8) is 0 Å². The minimum atomic E-state index is -0.306. The summed E-state index contributed by atoms with van der Waals surface area (Å²) in [5.74, 6) is 0.897. The molecule has 0 spiro atoms. The van der Waals surface area contributed by atoms with Gasteiger partial charge in [0, 0.05) is 34.2 Å². The van der Waals surface area contributed by atoms with Crippen LogP contribution in [0.5, 0.6) is 0 Å². The van der Waals surface area contributed by atoms with Crippen molar-refractivity contribution in [2.24, 2.45) is 38.7 Å². The van der Waals surface area contributed by atoms with Crippen molar-refractivity contribution >= 4 is 12.6 Å².